The van der Waals surface area contributed by atoms with Crippen LogP contribution in [0.1, 0.15) is 18.1 Å². The van der Waals surface area contributed by atoms with Gasteiger partial charge in [-0.2, -0.15) is 0 Å². The molecule has 1 fully saturated rings. The summed E-state index contributed by atoms with van der Waals surface area (Å²) in [5.41, 5.74) is 4.13. The molecular weight excluding hydrogens is 382 g/mol. The number of nitrogens with one attached hydrogen (secondary N) is 1. The third kappa shape index (κ3) is 3.56. The lowest BCUT2D eigenvalue weighted by Gasteiger charge is -2.41. The van der Waals surface area contributed by atoms with E-state index in [-0.39, 0.29) is 24.5 Å². The molecule has 0 aliphatic carbocycles. The van der Waals surface area contributed by atoms with Crippen molar-refractivity contribution in [2.75, 3.05) is 43.0 Å². The van der Waals surface area contributed by atoms with Gasteiger partial charge in [0.2, 0.25) is 5.91 Å². The summed E-state index contributed by atoms with van der Waals surface area (Å²) >= 11 is 0. The van der Waals surface area contributed by atoms with Gasteiger partial charge in [0, 0.05) is 55.1 Å². The Morgan fingerprint density at radius 3 is 2.90 bits per heavy atom. The Hall–Kier alpha value is -3.22. The van der Waals surface area contributed by atoms with E-state index >= 15 is 0 Å². The summed E-state index contributed by atoms with van der Waals surface area (Å²) < 4.78 is 10.8. The fraction of sp³-hybridized carbons (Fsp3) is 0.391. The molecule has 7 heteroatoms. The van der Waals surface area contributed by atoms with Crippen molar-refractivity contribution >= 4 is 23.3 Å². The van der Waals surface area contributed by atoms with Gasteiger partial charge >= 0.3 is 5.97 Å². The van der Waals surface area contributed by atoms with Crippen LogP contribution in [0.15, 0.2) is 36.4 Å². The fourth-order valence-electron chi connectivity index (χ4n) is 4.43. The van der Waals surface area contributed by atoms with Crippen molar-refractivity contribution in [1.29, 1.82) is 0 Å². The molecule has 1 saturated heterocycles. The first kappa shape index (κ1) is 18.8. The third-order valence-electron chi connectivity index (χ3n) is 6.06. The monoisotopic (exact) mass is 407 g/mol. The fourth-order valence-corrected chi connectivity index (χ4v) is 4.43. The number of hydrogen-bond acceptors (Lipinski definition) is 6. The van der Waals surface area contributed by atoms with Gasteiger partial charge in [0.15, 0.2) is 0 Å². The van der Waals surface area contributed by atoms with E-state index < -0.39 is 0 Å². The second-order valence-corrected chi connectivity index (χ2v) is 8.10. The number of ether oxygens (including phenoxy) is 2. The first-order valence-electron chi connectivity index (χ1n) is 10.4. The number of carbonyl (C=O) groups is 2. The molecule has 2 aromatic rings. The van der Waals surface area contributed by atoms with Crippen LogP contribution in [0.4, 0.5) is 11.4 Å². The molecule has 2 aromatic carbocycles. The van der Waals surface area contributed by atoms with Gasteiger partial charge in [0.05, 0.1) is 19.6 Å². The standard InChI is InChI=1S/C23H25N3O4/c1-15-14-25(19-4-5-20-17(10-19)6-9-29-20)7-8-26(15)22(27)13-24-18-3-2-16-11-23(28)30-21(16)12-18/h2-5,10,12,15,24H,6-9,11,13-14H2,1H3/t15-/m1/s1. The highest BCUT2D eigenvalue weighted by Gasteiger charge is 2.28. The maximum absolute atomic E-state index is 12.8. The molecule has 30 heavy (non-hydrogen) atoms. The SMILES string of the molecule is C[C@@H]1CN(c2ccc3c(c2)CCO3)CCN1C(=O)CNc1ccc2c(c1)OC(=O)C2. The molecule has 1 amide bonds. The molecule has 3 aliphatic heterocycles. The van der Waals surface area contributed by atoms with Crippen LogP contribution in [-0.2, 0) is 22.4 Å². The van der Waals surface area contributed by atoms with Gasteiger partial charge in [-0.3, -0.25) is 9.59 Å². The summed E-state index contributed by atoms with van der Waals surface area (Å²) in [6, 6.07) is 12.0. The van der Waals surface area contributed by atoms with Gasteiger partial charge in [0.25, 0.3) is 0 Å². The molecule has 0 unspecified atom stereocenters. The zero-order valence-electron chi connectivity index (χ0n) is 17.0. The van der Waals surface area contributed by atoms with Crippen molar-refractivity contribution in [3.05, 3.63) is 47.5 Å². The molecule has 0 saturated carbocycles. The van der Waals surface area contributed by atoms with Gasteiger partial charge in [0.1, 0.15) is 11.5 Å². The number of rotatable bonds is 4. The average Bonchev–Trinajstić information content (AvgIpc) is 3.36. The molecule has 7 nitrogen and oxygen atoms in total. The number of fused-ring (bicyclic) bond motifs is 2. The highest BCUT2D eigenvalue weighted by Crippen LogP contribution is 2.31. The van der Waals surface area contributed by atoms with Crippen LogP contribution in [-0.4, -0.2) is 55.6 Å². The number of hydrogen-bond donors (Lipinski definition) is 1. The minimum absolute atomic E-state index is 0.0713. The molecule has 156 valence electrons. The van der Waals surface area contributed by atoms with E-state index in [1.807, 2.05) is 17.0 Å². The van der Waals surface area contributed by atoms with Crippen LogP contribution in [0.2, 0.25) is 0 Å². The molecule has 3 aliphatic rings. The molecule has 1 N–H and O–H groups in total. The van der Waals surface area contributed by atoms with E-state index in [2.05, 4.69) is 35.3 Å². The maximum atomic E-state index is 12.8. The minimum atomic E-state index is -0.235. The molecule has 0 aromatic heterocycles. The first-order valence-corrected chi connectivity index (χ1v) is 10.4. The number of benzene rings is 2. The summed E-state index contributed by atoms with van der Waals surface area (Å²) in [5.74, 6) is 1.41. The van der Waals surface area contributed by atoms with Gasteiger partial charge in [-0.25, -0.2) is 0 Å². The van der Waals surface area contributed by atoms with Gasteiger partial charge in [-0.15, -0.1) is 0 Å². The molecular formula is C23H25N3O4. The lowest BCUT2D eigenvalue weighted by molar-refractivity contribution is -0.132. The Kier molecular flexibility index (Phi) is 4.73. The second kappa shape index (κ2) is 7.55. The lowest BCUT2D eigenvalue weighted by Crippen LogP contribution is -2.55. The van der Waals surface area contributed by atoms with E-state index in [4.69, 9.17) is 9.47 Å². The van der Waals surface area contributed by atoms with Crippen LogP contribution in [0.5, 0.6) is 11.5 Å². The summed E-state index contributed by atoms with van der Waals surface area (Å²) in [6.07, 6.45) is 1.28. The minimum Gasteiger partial charge on any atom is -0.493 e. The Morgan fingerprint density at radius 2 is 2.03 bits per heavy atom. The van der Waals surface area contributed by atoms with Gasteiger partial charge in [-0.05, 0) is 36.8 Å². The number of nitrogens with zero attached hydrogens (tertiary/aromatic N) is 2. The Bertz CT molecular complexity index is 1010. The molecule has 0 spiro atoms. The maximum Gasteiger partial charge on any atom is 0.315 e. The van der Waals surface area contributed by atoms with Crippen LogP contribution >= 0.6 is 0 Å². The summed E-state index contributed by atoms with van der Waals surface area (Å²) in [5, 5.41) is 3.17. The second-order valence-electron chi connectivity index (χ2n) is 8.10. The van der Waals surface area contributed by atoms with Crippen molar-refractivity contribution < 1.29 is 19.1 Å². The largest absolute Gasteiger partial charge is 0.493 e. The van der Waals surface area contributed by atoms with Crippen LogP contribution in [0, 0.1) is 0 Å². The van der Waals surface area contributed by atoms with Gasteiger partial charge in [-0.1, -0.05) is 6.07 Å². The number of esters is 1. The van der Waals surface area contributed by atoms with E-state index in [1.54, 1.807) is 6.07 Å². The zero-order chi connectivity index (χ0) is 20.7. The van der Waals surface area contributed by atoms with E-state index in [0.29, 0.717) is 18.7 Å². The predicted molar refractivity (Wildman–Crippen MR) is 113 cm³/mol. The van der Waals surface area contributed by atoms with E-state index in [1.165, 1.54) is 11.3 Å². The highest BCUT2D eigenvalue weighted by atomic mass is 16.5. The summed E-state index contributed by atoms with van der Waals surface area (Å²) in [7, 11) is 0. The highest BCUT2D eigenvalue weighted by molar-refractivity contribution is 5.83. The summed E-state index contributed by atoms with van der Waals surface area (Å²) in [6.45, 7) is 5.38. The zero-order valence-corrected chi connectivity index (χ0v) is 17.0. The van der Waals surface area contributed by atoms with Crippen molar-refractivity contribution in [1.82, 2.24) is 4.90 Å². The average molecular weight is 407 g/mol. The number of amides is 1. The van der Waals surface area contributed by atoms with Gasteiger partial charge < -0.3 is 24.6 Å². The molecule has 5 rings (SSSR count). The Morgan fingerprint density at radius 1 is 1.13 bits per heavy atom. The third-order valence-corrected chi connectivity index (χ3v) is 6.06. The molecule has 3 heterocycles. The normalized spacial score (nSPS) is 19.8. The number of piperazine rings is 1. The van der Waals surface area contributed by atoms with Crippen molar-refractivity contribution in [3.8, 4) is 11.5 Å². The molecule has 0 bridgehead atoms. The smallest absolute Gasteiger partial charge is 0.315 e. The Labute approximate surface area is 175 Å². The lowest BCUT2D eigenvalue weighted by atomic mass is 10.1. The van der Waals surface area contributed by atoms with E-state index in [9.17, 15) is 9.59 Å². The number of carbonyl (C=O) groups excluding carboxylic acids is 2. The molecule has 0 radical (unpaired) electrons. The van der Waals surface area contributed by atoms with Crippen molar-refractivity contribution in [2.24, 2.45) is 0 Å². The molecule has 1 atom stereocenters. The van der Waals surface area contributed by atoms with Crippen molar-refractivity contribution in [3.63, 3.8) is 0 Å². The van der Waals surface area contributed by atoms with Crippen molar-refractivity contribution in [2.45, 2.75) is 25.8 Å². The first-order chi connectivity index (χ1) is 14.6. The number of anilines is 2. The summed E-state index contributed by atoms with van der Waals surface area (Å²) in [4.78, 5) is 28.5. The Balaban J connectivity index is 1.18. The quantitative estimate of drug-likeness (QED) is 0.619. The van der Waals surface area contributed by atoms with Crippen LogP contribution in [0.3, 0.4) is 0 Å². The van der Waals surface area contributed by atoms with Crippen LogP contribution in [0.25, 0.3) is 0 Å². The predicted octanol–water partition coefficient (Wildman–Crippen LogP) is 2.23. The topological polar surface area (TPSA) is 71.1 Å². The van der Waals surface area contributed by atoms with E-state index in [0.717, 1.165) is 43.1 Å². The van der Waals surface area contributed by atoms with Crippen LogP contribution < -0.4 is 19.7 Å².